The van der Waals surface area contributed by atoms with Crippen LogP contribution in [0.25, 0.3) is 0 Å². The standard InChI is InChI=1S/C15H24O.CH3F/c1-5-6-7-12-16-14-10-8-13(9-11-14)15(2,3)4;1-2/h8-11H,5-7,12H2,1-4H3;1H3. The third kappa shape index (κ3) is 6.63. The van der Waals surface area contributed by atoms with E-state index in [0.717, 1.165) is 18.8 Å². The largest absolute Gasteiger partial charge is 0.494 e. The predicted molar refractivity (Wildman–Crippen MR) is 77.2 cm³/mol. The Bertz CT molecular complexity index is 298. The highest BCUT2D eigenvalue weighted by atomic mass is 19.1. The highest BCUT2D eigenvalue weighted by Crippen LogP contribution is 2.24. The normalized spacial score (nSPS) is 10.6. The molecule has 0 N–H and O–H groups in total. The Labute approximate surface area is 111 Å². The fourth-order valence-corrected chi connectivity index (χ4v) is 1.59. The molecule has 0 aromatic heterocycles. The lowest BCUT2D eigenvalue weighted by atomic mass is 9.87. The summed E-state index contributed by atoms with van der Waals surface area (Å²) < 4.78 is 15.2. The first kappa shape index (κ1) is 16.9. The van der Waals surface area contributed by atoms with E-state index in [0.29, 0.717) is 7.18 Å². The highest BCUT2D eigenvalue weighted by molar-refractivity contribution is 5.31. The molecule has 1 nitrogen and oxygen atoms in total. The number of alkyl halides is 1. The van der Waals surface area contributed by atoms with Crippen LogP contribution in [0.2, 0.25) is 0 Å². The summed E-state index contributed by atoms with van der Waals surface area (Å²) in [6.45, 7) is 9.72. The van der Waals surface area contributed by atoms with E-state index in [-0.39, 0.29) is 5.41 Å². The van der Waals surface area contributed by atoms with Crippen molar-refractivity contribution >= 4 is 0 Å². The summed E-state index contributed by atoms with van der Waals surface area (Å²) in [5, 5.41) is 0. The Balaban J connectivity index is 0.00000137. The van der Waals surface area contributed by atoms with Gasteiger partial charge < -0.3 is 4.74 Å². The van der Waals surface area contributed by atoms with Crippen LogP contribution in [-0.2, 0) is 5.41 Å². The smallest absolute Gasteiger partial charge is 0.119 e. The molecule has 2 heteroatoms. The quantitative estimate of drug-likeness (QED) is 0.661. The number of ether oxygens (including phenoxy) is 1. The molecular formula is C16H27FO. The fraction of sp³-hybridized carbons (Fsp3) is 0.625. The zero-order valence-electron chi connectivity index (χ0n) is 12.4. The zero-order valence-corrected chi connectivity index (χ0v) is 12.4. The number of rotatable bonds is 5. The van der Waals surface area contributed by atoms with E-state index >= 15 is 0 Å². The van der Waals surface area contributed by atoms with Crippen molar-refractivity contribution in [3.8, 4) is 5.75 Å². The molecule has 0 aliphatic carbocycles. The van der Waals surface area contributed by atoms with E-state index in [9.17, 15) is 4.39 Å². The minimum atomic E-state index is 0.223. The first-order valence-electron chi connectivity index (χ1n) is 6.65. The lowest BCUT2D eigenvalue weighted by molar-refractivity contribution is 0.306. The number of halogens is 1. The molecule has 1 aromatic carbocycles. The molecule has 104 valence electrons. The number of hydrogen-bond acceptors (Lipinski definition) is 1. The molecule has 0 aliphatic heterocycles. The molecule has 0 unspecified atom stereocenters. The van der Waals surface area contributed by atoms with Crippen LogP contribution in [0.4, 0.5) is 4.39 Å². The summed E-state index contributed by atoms with van der Waals surface area (Å²) in [5.41, 5.74) is 1.58. The molecule has 0 fully saturated rings. The Morgan fingerprint density at radius 1 is 1.00 bits per heavy atom. The van der Waals surface area contributed by atoms with E-state index in [1.807, 2.05) is 0 Å². The molecule has 0 radical (unpaired) electrons. The average Bonchev–Trinajstić information content (AvgIpc) is 2.37. The maximum atomic E-state index is 9.50. The summed E-state index contributed by atoms with van der Waals surface area (Å²) >= 11 is 0. The van der Waals surface area contributed by atoms with Gasteiger partial charge in [0.05, 0.1) is 13.8 Å². The average molecular weight is 254 g/mol. The summed E-state index contributed by atoms with van der Waals surface area (Å²) in [7, 11) is 0.500. The summed E-state index contributed by atoms with van der Waals surface area (Å²) in [6, 6.07) is 8.48. The Hall–Kier alpha value is -1.05. The van der Waals surface area contributed by atoms with Crippen molar-refractivity contribution in [2.24, 2.45) is 0 Å². The topological polar surface area (TPSA) is 9.23 Å². The van der Waals surface area contributed by atoms with E-state index in [2.05, 4.69) is 52.0 Å². The van der Waals surface area contributed by atoms with Crippen LogP contribution in [-0.4, -0.2) is 13.8 Å². The molecule has 18 heavy (non-hydrogen) atoms. The maximum absolute atomic E-state index is 9.50. The molecule has 0 amide bonds. The maximum Gasteiger partial charge on any atom is 0.119 e. The van der Waals surface area contributed by atoms with Gasteiger partial charge in [-0.2, -0.15) is 0 Å². The fourth-order valence-electron chi connectivity index (χ4n) is 1.59. The zero-order chi connectivity index (χ0) is 14.0. The lowest BCUT2D eigenvalue weighted by Gasteiger charge is -2.19. The van der Waals surface area contributed by atoms with Crippen molar-refractivity contribution in [1.82, 2.24) is 0 Å². The number of benzene rings is 1. The summed E-state index contributed by atoms with van der Waals surface area (Å²) in [6.07, 6.45) is 3.64. The molecule has 1 rings (SSSR count). The second kappa shape index (κ2) is 8.96. The summed E-state index contributed by atoms with van der Waals surface area (Å²) in [5.74, 6) is 0.990. The SMILES string of the molecule is CCCCCOc1ccc(C(C)(C)C)cc1.CF. The highest BCUT2D eigenvalue weighted by Gasteiger charge is 2.12. The van der Waals surface area contributed by atoms with Gasteiger partial charge in [-0.05, 0) is 29.5 Å². The Morgan fingerprint density at radius 3 is 2.00 bits per heavy atom. The van der Waals surface area contributed by atoms with Gasteiger partial charge in [0.25, 0.3) is 0 Å². The van der Waals surface area contributed by atoms with Crippen molar-refractivity contribution in [3.05, 3.63) is 29.8 Å². The molecule has 0 bridgehead atoms. The second-order valence-corrected chi connectivity index (χ2v) is 5.33. The van der Waals surface area contributed by atoms with Crippen LogP contribution in [0.1, 0.15) is 52.5 Å². The summed E-state index contributed by atoms with van der Waals surface area (Å²) in [4.78, 5) is 0. The molecule has 0 spiro atoms. The second-order valence-electron chi connectivity index (χ2n) is 5.33. The van der Waals surface area contributed by atoms with Crippen molar-refractivity contribution in [3.63, 3.8) is 0 Å². The van der Waals surface area contributed by atoms with Crippen LogP contribution < -0.4 is 4.74 Å². The molecule has 0 saturated carbocycles. The van der Waals surface area contributed by atoms with Crippen LogP contribution in [0, 0.1) is 0 Å². The van der Waals surface area contributed by atoms with Crippen molar-refractivity contribution in [2.45, 2.75) is 52.4 Å². The minimum absolute atomic E-state index is 0.223. The van der Waals surface area contributed by atoms with Gasteiger partial charge in [0.2, 0.25) is 0 Å². The number of unbranched alkanes of at least 4 members (excludes halogenated alkanes) is 2. The molecule has 1 aromatic rings. The van der Waals surface area contributed by atoms with E-state index < -0.39 is 0 Å². The van der Waals surface area contributed by atoms with Gasteiger partial charge in [-0.15, -0.1) is 0 Å². The third-order valence-electron chi connectivity index (χ3n) is 2.74. The van der Waals surface area contributed by atoms with Gasteiger partial charge in [-0.1, -0.05) is 52.7 Å². The van der Waals surface area contributed by atoms with Gasteiger partial charge in [-0.3, -0.25) is 4.39 Å². The minimum Gasteiger partial charge on any atom is -0.494 e. The first-order chi connectivity index (χ1) is 8.54. The van der Waals surface area contributed by atoms with E-state index in [4.69, 9.17) is 4.74 Å². The van der Waals surface area contributed by atoms with Crippen LogP contribution in [0.5, 0.6) is 5.75 Å². The predicted octanol–water partition coefficient (Wildman–Crippen LogP) is 5.14. The first-order valence-corrected chi connectivity index (χ1v) is 6.65. The van der Waals surface area contributed by atoms with Gasteiger partial charge in [0.15, 0.2) is 0 Å². The van der Waals surface area contributed by atoms with Gasteiger partial charge in [0, 0.05) is 0 Å². The van der Waals surface area contributed by atoms with Crippen molar-refractivity contribution in [1.29, 1.82) is 0 Å². The van der Waals surface area contributed by atoms with Crippen LogP contribution in [0.15, 0.2) is 24.3 Å². The lowest BCUT2D eigenvalue weighted by Crippen LogP contribution is -2.10. The molecule has 0 heterocycles. The van der Waals surface area contributed by atoms with Gasteiger partial charge >= 0.3 is 0 Å². The Morgan fingerprint density at radius 2 is 1.56 bits per heavy atom. The van der Waals surface area contributed by atoms with Gasteiger partial charge in [0.1, 0.15) is 5.75 Å². The number of hydrogen-bond donors (Lipinski definition) is 0. The molecule has 0 atom stereocenters. The van der Waals surface area contributed by atoms with Crippen LogP contribution >= 0.6 is 0 Å². The monoisotopic (exact) mass is 254 g/mol. The molecular weight excluding hydrogens is 227 g/mol. The third-order valence-corrected chi connectivity index (χ3v) is 2.74. The molecule has 0 aliphatic rings. The van der Waals surface area contributed by atoms with Crippen molar-refractivity contribution < 1.29 is 9.13 Å². The van der Waals surface area contributed by atoms with Gasteiger partial charge in [-0.25, -0.2) is 0 Å². The van der Waals surface area contributed by atoms with Crippen molar-refractivity contribution in [2.75, 3.05) is 13.8 Å². The van der Waals surface area contributed by atoms with E-state index in [1.165, 1.54) is 18.4 Å². The van der Waals surface area contributed by atoms with Crippen LogP contribution in [0.3, 0.4) is 0 Å². The van der Waals surface area contributed by atoms with E-state index in [1.54, 1.807) is 0 Å². The Kier molecular flexibility index (Phi) is 8.43. The molecule has 0 saturated heterocycles.